The Morgan fingerprint density at radius 3 is 2.08 bits per heavy atom. The maximum Gasteiger partial charge on any atom is 0.324 e. The predicted octanol–water partition coefficient (Wildman–Crippen LogP) is 1.51. The maximum atomic E-state index is 10.9. The van der Waals surface area contributed by atoms with Crippen molar-refractivity contribution in [2.24, 2.45) is 11.1 Å². The van der Waals surface area contributed by atoms with Crippen LogP contribution >= 0.6 is 0 Å². The van der Waals surface area contributed by atoms with Crippen molar-refractivity contribution in [2.75, 3.05) is 0 Å². The normalized spacial score (nSPS) is 37.0. The van der Waals surface area contributed by atoms with Gasteiger partial charge in [0.25, 0.3) is 0 Å². The molecule has 0 bridgehead atoms. The molecule has 2 saturated carbocycles. The fraction of sp³-hybridized carbons (Fsp3) is 0.900. The second-order valence-electron chi connectivity index (χ2n) is 4.65. The number of nitrogens with two attached hydrogens (primary N) is 1. The number of aliphatic carboxylic acids is 1. The number of hydrogen-bond acceptors (Lipinski definition) is 2. The van der Waals surface area contributed by atoms with Crippen LogP contribution in [0.1, 0.15) is 44.9 Å². The SMILES string of the molecule is NC1(C(=O)O)CC12CCCCCC2. The molecule has 3 heteroatoms. The largest absolute Gasteiger partial charge is 0.480 e. The van der Waals surface area contributed by atoms with Crippen molar-refractivity contribution in [3.05, 3.63) is 0 Å². The summed E-state index contributed by atoms with van der Waals surface area (Å²) in [5.41, 5.74) is 4.96. The first-order chi connectivity index (χ1) is 6.11. The average molecular weight is 183 g/mol. The van der Waals surface area contributed by atoms with Crippen LogP contribution in [-0.2, 0) is 4.79 Å². The Balaban J connectivity index is 2.11. The second kappa shape index (κ2) is 2.71. The van der Waals surface area contributed by atoms with E-state index in [1.165, 1.54) is 12.8 Å². The number of carbonyl (C=O) groups is 1. The third kappa shape index (κ3) is 1.17. The highest BCUT2D eigenvalue weighted by molar-refractivity contribution is 5.84. The zero-order valence-electron chi connectivity index (χ0n) is 7.88. The molecule has 0 radical (unpaired) electrons. The van der Waals surface area contributed by atoms with Crippen molar-refractivity contribution < 1.29 is 9.90 Å². The molecule has 13 heavy (non-hydrogen) atoms. The van der Waals surface area contributed by atoms with E-state index < -0.39 is 11.5 Å². The average Bonchev–Trinajstić information content (AvgIpc) is 2.74. The molecule has 0 aliphatic heterocycles. The molecule has 1 unspecified atom stereocenters. The van der Waals surface area contributed by atoms with E-state index in [1.807, 2.05) is 0 Å². The molecule has 1 spiro atoms. The monoisotopic (exact) mass is 183 g/mol. The molecule has 3 nitrogen and oxygen atoms in total. The van der Waals surface area contributed by atoms with E-state index in [0.29, 0.717) is 6.42 Å². The van der Waals surface area contributed by atoms with Crippen LogP contribution in [-0.4, -0.2) is 16.6 Å². The number of hydrogen-bond donors (Lipinski definition) is 2. The smallest absolute Gasteiger partial charge is 0.324 e. The molecule has 2 rings (SSSR count). The van der Waals surface area contributed by atoms with Crippen molar-refractivity contribution >= 4 is 5.97 Å². The van der Waals surface area contributed by atoms with Crippen LogP contribution in [0, 0.1) is 5.41 Å². The van der Waals surface area contributed by atoms with Crippen LogP contribution in [0.25, 0.3) is 0 Å². The summed E-state index contributed by atoms with van der Waals surface area (Å²) in [6.45, 7) is 0. The summed E-state index contributed by atoms with van der Waals surface area (Å²) in [4.78, 5) is 10.9. The molecular formula is C10H17NO2. The third-order valence-electron chi connectivity index (χ3n) is 3.88. The van der Waals surface area contributed by atoms with Crippen LogP contribution in [0.5, 0.6) is 0 Å². The molecule has 1 atom stereocenters. The Labute approximate surface area is 78.3 Å². The van der Waals surface area contributed by atoms with Gasteiger partial charge >= 0.3 is 5.97 Å². The second-order valence-corrected chi connectivity index (χ2v) is 4.65. The molecule has 2 aliphatic carbocycles. The molecule has 0 aromatic carbocycles. The highest BCUT2D eigenvalue weighted by atomic mass is 16.4. The Morgan fingerprint density at radius 1 is 1.15 bits per heavy atom. The van der Waals surface area contributed by atoms with Crippen molar-refractivity contribution in [3.63, 3.8) is 0 Å². The minimum Gasteiger partial charge on any atom is -0.480 e. The molecule has 0 aromatic heterocycles. The Kier molecular flexibility index (Phi) is 1.88. The lowest BCUT2D eigenvalue weighted by Gasteiger charge is -2.17. The van der Waals surface area contributed by atoms with Gasteiger partial charge in [0, 0.05) is 5.41 Å². The Hall–Kier alpha value is -0.570. The first kappa shape index (κ1) is 9.00. The summed E-state index contributed by atoms with van der Waals surface area (Å²) in [7, 11) is 0. The summed E-state index contributed by atoms with van der Waals surface area (Å²) in [5.74, 6) is -0.797. The van der Waals surface area contributed by atoms with Gasteiger partial charge in [0.1, 0.15) is 5.54 Å². The van der Waals surface area contributed by atoms with Crippen LogP contribution < -0.4 is 5.73 Å². The summed E-state index contributed by atoms with van der Waals surface area (Å²) in [5, 5.41) is 9.00. The Morgan fingerprint density at radius 2 is 1.69 bits per heavy atom. The molecule has 2 aliphatic rings. The molecular weight excluding hydrogens is 166 g/mol. The fourth-order valence-electron chi connectivity index (χ4n) is 2.82. The maximum absolute atomic E-state index is 10.9. The van der Waals surface area contributed by atoms with E-state index in [1.54, 1.807) is 0 Å². The topological polar surface area (TPSA) is 63.3 Å². The van der Waals surface area contributed by atoms with Crippen LogP contribution in [0.15, 0.2) is 0 Å². The number of rotatable bonds is 1. The summed E-state index contributed by atoms with van der Waals surface area (Å²) < 4.78 is 0. The first-order valence-corrected chi connectivity index (χ1v) is 5.13. The van der Waals surface area contributed by atoms with Gasteiger partial charge in [0.15, 0.2) is 0 Å². The molecule has 74 valence electrons. The Bertz CT molecular complexity index is 231. The number of carboxylic acid groups (broad SMARTS) is 1. The third-order valence-corrected chi connectivity index (χ3v) is 3.88. The van der Waals surface area contributed by atoms with E-state index in [9.17, 15) is 4.79 Å². The van der Waals surface area contributed by atoms with Crippen LogP contribution in [0.3, 0.4) is 0 Å². The van der Waals surface area contributed by atoms with Crippen molar-refractivity contribution in [1.82, 2.24) is 0 Å². The van der Waals surface area contributed by atoms with Gasteiger partial charge in [-0.25, -0.2) is 0 Å². The molecule has 2 fully saturated rings. The predicted molar refractivity (Wildman–Crippen MR) is 49.3 cm³/mol. The summed E-state index contributed by atoms with van der Waals surface area (Å²) in [6, 6.07) is 0. The lowest BCUT2D eigenvalue weighted by Crippen LogP contribution is -2.39. The van der Waals surface area contributed by atoms with Crippen molar-refractivity contribution in [1.29, 1.82) is 0 Å². The number of carboxylic acids is 1. The fourth-order valence-corrected chi connectivity index (χ4v) is 2.82. The quantitative estimate of drug-likeness (QED) is 0.647. The van der Waals surface area contributed by atoms with Gasteiger partial charge in [-0.1, -0.05) is 25.7 Å². The minimum absolute atomic E-state index is 0.0324. The zero-order chi connectivity index (χ0) is 9.53. The lowest BCUT2D eigenvalue weighted by atomic mass is 9.91. The van der Waals surface area contributed by atoms with Gasteiger partial charge in [0.2, 0.25) is 0 Å². The van der Waals surface area contributed by atoms with E-state index in [4.69, 9.17) is 10.8 Å². The van der Waals surface area contributed by atoms with E-state index >= 15 is 0 Å². The van der Waals surface area contributed by atoms with Gasteiger partial charge in [-0.15, -0.1) is 0 Å². The molecule has 0 aromatic rings. The zero-order valence-corrected chi connectivity index (χ0v) is 7.88. The summed E-state index contributed by atoms with van der Waals surface area (Å²) >= 11 is 0. The van der Waals surface area contributed by atoms with Gasteiger partial charge < -0.3 is 10.8 Å². The van der Waals surface area contributed by atoms with Gasteiger partial charge in [0.05, 0.1) is 0 Å². The van der Waals surface area contributed by atoms with Crippen molar-refractivity contribution in [2.45, 2.75) is 50.5 Å². The van der Waals surface area contributed by atoms with Crippen LogP contribution in [0.4, 0.5) is 0 Å². The van der Waals surface area contributed by atoms with Crippen molar-refractivity contribution in [3.8, 4) is 0 Å². The molecule has 0 amide bonds. The molecule has 0 heterocycles. The van der Waals surface area contributed by atoms with E-state index in [-0.39, 0.29) is 5.41 Å². The molecule has 3 N–H and O–H groups in total. The van der Waals surface area contributed by atoms with E-state index in [0.717, 1.165) is 25.7 Å². The van der Waals surface area contributed by atoms with Gasteiger partial charge in [-0.05, 0) is 19.3 Å². The van der Waals surface area contributed by atoms with E-state index in [2.05, 4.69) is 0 Å². The first-order valence-electron chi connectivity index (χ1n) is 5.13. The minimum atomic E-state index is -0.878. The van der Waals surface area contributed by atoms with Gasteiger partial charge in [-0.3, -0.25) is 4.79 Å². The lowest BCUT2D eigenvalue weighted by molar-refractivity contribution is -0.140. The van der Waals surface area contributed by atoms with Gasteiger partial charge in [-0.2, -0.15) is 0 Å². The standard InChI is InChI=1S/C10H17NO2/c11-10(8(12)13)7-9(10)5-3-1-2-4-6-9/h1-7,11H2,(H,12,13). The summed E-state index contributed by atoms with van der Waals surface area (Å²) in [6.07, 6.45) is 7.56. The van der Waals surface area contributed by atoms with Crippen LogP contribution in [0.2, 0.25) is 0 Å². The highest BCUT2D eigenvalue weighted by Crippen LogP contribution is 2.62. The molecule has 0 saturated heterocycles. The highest BCUT2D eigenvalue weighted by Gasteiger charge is 2.69.